The number of fused-ring (bicyclic) bond motifs is 2. The van der Waals surface area contributed by atoms with E-state index in [1.54, 1.807) is 4.90 Å². The van der Waals surface area contributed by atoms with Gasteiger partial charge in [0.05, 0.1) is 5.56 Å². The number of aromatic nitrogens is 1. The number of carbonyl (C=O) groups is 2. The van der Waals surface area contributed by atoms with E-state index < -0.39 is 11.7 Å². The van der Waals surface area contributed by atoms with Gasteiger partial charge in [0.25, 0.3) is 11.7 Å². The van der Waals surface area contributed by atoms with Crippen LogP contribution in [0.1, 0.15) is 21.6 Å². The Labute approximate surface area is 152 Å². The van der Waals surface area contributed by atoms with E-state index in [0.717, 1.165) is 27.8 Å². The number of aryl methyl sites for hydroxylation is 1. The Morgan fingerprint density at radius 1 is 1.00 bits per heavy atom. The molecule has 1 aromatic heterocycles. The Morgan fingerprint density at radius 3 is 2.58 bits per heavy atom. The SMILES string of the molecule is Cc1[nH]c2ccccc2c1C(=O)C(=O)N1CCN(C)c2ccccc2C1. The number of carbonyl (C=O) groups excluding carboxylic acids is 2. The molecule has 0 aliphatic carbocycles. The molecule has 2 heterocycles. The highest BCUT2D eigenvalue weighted by Gasteiger charge is 2.29. The molecule has 1 amide bonds. The number of ketones is 1. The van der Waals surface area contributed by atoms with Crippen molar-refractivity contribution in [2.45, 2.75) is 13.5 Å². The van der Waals surface area contributed by atoms with Crippen LogP contribution in [0, 0.1) is 6.92 Å². The third-order valence-electron chi connectivity index (χ3n) is 5.07. The van der Waals surface area contributed by atoms with Gasteiger partial charge in [0.1, 0.15) is 0 Å². The Bertz CT molecular complexity index is 1010. The summed E-state index contributed by atoms with van der Waals surface area (Å²) < 4.78 is 0. The van der Waals surface area contributed by atoms with E-state index in [4.69, 9.17) is 0 Å². The predicted octanol–water partition coefficient (Wildman–Crippen LogP) is 3.14. The summed E-state index contributed by atoms with van der Waals surface area (Å²) in [7, 11) is 2.01. The zero-order chi connectivity index (χ0) is 18.3. The first-order chi connectivity index (χ1) is 12.6. The van der Waals surface area contributed by atoms with Gasteiger partial charge in [-0.1, -0.05) is 36.4 Å². The van der Waals surface area contributed by atoms with Crippen LogP contribution in [-0.2, 0) is 11.3 Å². The molecule has 5 heteroatoms. The van der Waals surface area contributed by atoms with Gasteiger partial charge < -0.3 is 14.8 Å². The largest absolute Gasteiger partial charge is 0.373 e. The van der Waals surface area contributed by atoms with Crippen molar-refractivity contribution in [3.63, 3.8) is 0 Å². The van der Waals surface area contributed by atoms with Gasteiger partial charge in [0.15, 0.2) is 0 Å². The molecule has 132 valence electrons. The first kappa shape index (κ1) is 16.4. The Balaban J connectivity index is 1.67. The number of hydrogen-bond donors (Lipinski definition) is 1. The zero-order valence-corrected chi connectivity index (χ0v) is 15.0. The lowest BCUT2D eigenvalue weighted by Gasteiger charge is -2.20. The fourth-order valence-corrected chi connectivity index (χ4v) is 3.69. The average molecular weight is 347 g/mol. The highest BCUT2D eigenvalue weighted by Crippen LogP contribution is 2.26. The minimum atomic E-state index is -0.443. The van der Waals surface area contributed by atoms with Gasteiger partial charge in [-0.3, -0.25) is 9.59 Å². The second-order valence-corrected chi connectivity index (χ2v) is 6.78. The van der Waals surface area contributed by atoms with Crippen LogP contribution in [0.25, 0.3) is 10.9 Å². The number of H-pyrrole nitrogens is 1. The molecule has 1 aliphatic heterocycles. The van der Waals surface area contributed by atoms with E-state index >= 15 is 0 Å². The van der Waals surface area contributed by atoms with E-state index in [1.807, 2.05) is 56.4 Å². The smallest absolute Gasteiger partial charge is 0.295 e. The Kier molecular flexibility index (Phi) is 3.99. The summed E-state index contributed by atoms with van der Waals surface area (Å²) >= 11 is 0. The maximum atomic E-state index is 13.0. The highest BCUT2D eigenvalue weighted by atomic mass is 16.2. The summed E-state index contributed by atoms with van der Waals surface area (Å²) in [4.78, 5) is 33.0. The lowest BCUT2D eigenvalue weighted by molar-refractivity contribution is -0.126. The van der Waals surface area contributed by atoms with Gasteiger partial charge in [-0.05, 0) is 24.6 Å². The van der Waals surface area contributed by atoms with Gasteiger partial charge in [0.2, 0.25) is 0 Å². The summed E-state index contributed by atoms with van der Waals surface area (Å²) in [6.07, 6.45) is 0. The second-order valence-electron chi connectivity index (χ2n) is 6.78. The second kappa shape index (κ2) is 6.33. The van der Waals surface area contributed by atoms with Crippen LogP contribution in [0.3, 0.4) is 0 Å². The number of nitrogens with zero attached hydrogens (tertiary/aromatic N) is 2. The van der Waals surface area contributed by atoms with Crippen LogP contribution in [-0.4, -0.2) is 41.7 Å². The molecular formula is C21H21N3O2. The number of amides is 1. The first-order valence-electron chi connectivity index (χ1n) is 8.76. The molecule has 0 radical (unpaired) electrons. The lowest BCUT2D eigenvalue weighted by Crippen LogP contribution is -2.38. The van der Waals surface area contributed by atoms with Crippen molar-refractivity contribution >= 4 is 28.3 Å². The van der Waals surface area contributed by atoms with Gasteiger partial charge in [-0.25, -0.2) is 0 Å². The highest BCUT2D eigenvalue weighted by molar-refractivity contribution is 6.45. The quantitative estimate of drug-likeness (QED) is 0.572. The molecule has 0 bridgehead atoms. The summed E-state index contributed by atoms with van der Waals surface area (Å²) in [5.41, 5.74) is 4.26. The Hall–Kier alpha value is -3.08. The average Bonchev–Trinajstić information content (AvgIpc) is 2.89. The van der Waals surface area contributed by atoms with Crippen molar-refractivity contribution in [2.24, 2.45) is 0 Å². The number of para-hydroxylation sites is 2. The van der Waals surface area contributed by atoms with Gasteiger partial charge >= 0.3 is 0 Å². The first-order valence-corrected chi connectivity index (χ1v) is 8.76. The number of benzene rings is 2. The molecule has 26 heavy (non-hydrogen) atoms. The normalized spacial score (nSPS) is 14.2. The molecule has 1 aliphatic rings. The number of likely N-dealkylation sites (N-methyl/N-ethyl adjacent to an activating group) is 1. The van der Waals surface area contributed by atoms with Crippen LogP contribution in [0.15, 0.2) is 48.5 Å². The number of hydrogen-bond acceptors (Lipinski definition) is 3. The van der Waals surface area contributed by atoms with E-state index in [2.05, 4.69) is 16.0 Å². The van der Waals surface area contributed by atoms with Crippen LogP contribution >= 0.6 is 0 Å². The van der Waals surface area contributed by atoms with Crippen molar-refractivity contribution in [2.75, 3.05) is 25.0 Å². The molecule has 2 aromatic carbocycles. The Morgan fingerprint density at radius 2 is 1.73 bits per heavy atom. The molecule has 4 rings (SSSR count). The van der Waals surface area contributed by atoms with Crippen molar-refractivity contribution in [3.05, 3.63) is 65.4 Å². The maximum absolute atomic E-state index is 13.0. The molecular weight excluding hydrogens is 326 g/mol. The van der Waals surface area contributed by atoms with E-state index in [1.165, 1.54) is 0 Å². The van der Waals surface area contributed by atoms with Gasteiger partial charge in [-0.15, -0.1) is 0 Å². The van der Waals surface area contributed by atoms with Crippen molar-refractivity contribution in [1.82, 2.24) is 9.88 Å². The van der Waals surface area contributed by atoms with Crippen molar-refractivity contribution in [1.29, 1.82) is 0 Å². The summed E-state index contributed by atoms with van der Waals surface area (Å²) in [5.74, 6) is -0.884. The van der Waals surface area contributed by atoms with Gasteiger partial charge in [0, 0.05) is 49.0 Å². The standard InChI is InChI=1S/C21H21N3O2/c1-14-19(16-8-4-5-9-17(16)22-14)20(25)21(26)24-12-11-23(2)18-10-6-3-7-15(18)13-24/h3-10,22H,11-13H2,1-2H3. The summed E-state index contributed by atoms with van der Waals surface area (Å²) in [6, 6.07) is 15.6. The van der Waals surface area contributed by atoms with E-state index in [0.29, 0.717) is 25.2 Å². The molecule has 0 saturated heterocycles. The molecule has 0 unspecified atom stereocenters. The van der Waals surface area contributed by atoms with Crippen LogP contribution < -0.4 is 4.90 Å². The maximum Gasteiger partial charge on any atom is 0.295 e. The van der Waals surface area contributed by atoms with Gasteiger partial charge in [-0.2, -0.15) is 0 Å². The van der Waals surface area contributed by atoms with Crippen molar-refractivity contribution in [3.8, 4) is 0 Å². The number of nitrogens with one attached hydrogen (secondary N) is 1. The molecule has 5 nitrogen and oxygen atoms in total. The molecule has 0 atom stereocenters. The number of aromatic amines is 1. The fourth-order valence-electron chi connectivity index (χ4n) is 3.69. The van der Waals surface area contributed by atoms with E-state index in [9.17, 15) is 9.59 Å². The monoisotopic (exact) mass is 347 g/mol. The fraction of sp³-hybridized carbons (Fsp3) is 0.238. The minimum Gasteiger partial charge on any atom is -0.373 e. The molecule has 0 saturated carbocycles. The molecule has 1 N–H and O–H groups in total. The molecule has 3 aromatic rings. The summed E-state index contributed by atoms with van der Waals surface area (Å²) in [6.45, 7) is 3.51. The summed E-state index contributed by atoms with van der Waals surface area (Å²) in [5, 5.41) is 0.802. The number of rotatable bonds is 2. The van der Waals surface area contributed by atoms with Crippen LogP contribution in [0.2, 0.25) is 0 Å². The lowest BCUT2D eigenvalue weighted by atomic mass is 10.1. The molecule has 0 spiro atoms. The zero-order valence-electron chi connectivity index (χ0n) is 15.0. The predicted molar refractivity (Wildman–Crippen MR) is 102 cm³/mol. The van der Waals surface area contributed by atoms with Crippen LogP contribution in [0.5, 0.6) is 0 Å². The topological polar surface area (TPSA) is 56.4 Å². The third-order valence-corrected chi connectivity index (χ3v) is 5.07. The molecule has 0 fully saturated rings. The number of Topliss-reactive ketones (excluding diaryl/α,β-unsaturated/α-hetero) is 1. The number of anilines is 1. The van der Waals surface area contributed by atoms with E-state index in [-0.39, 0.29) is 0 Å². The van der Waals surface area contributed by atoms with Crippen LogP contribution in [0.4, 0.5) is 5.69 Å². The third kappa shape index (κ3) is 2.65. The van der Waals surface area contributed by atoms with Crippen molar-refractivity contribution < 1.29 is 9.59 Å². The minimum absolute atomic E-state index is 0.442.